The van der Waals surface area contributed by atoms with Crippen molar-refractivity contribution in [2.24, 2.45) is 11.8 Å². The number of hydrogen-bond acceptors (Lipinski definition) is 3. The number of carbonyl (C=O) groups excluding carboxylic acids is 2. The Morgan fingerprint density at radius 2 is 1.92 bits per heavy atom. The lowest BCUT2D eigenvalue weighted by Crippen LogP contribution is -2.51. The van der Waals surface area contributed by atoms with Gasteiger partial charge in [-0.2, -0.15) is 13.2 Å². The van der Waals surface area contributed by atoms with Crippen molar-refractivity contribution in [2.45, 2.75) is 25.1 Å². The zero-order chi connectivity index (χ0) is 18.9. The van der Waals surface area contributed by atoms with Gasteiger partial charge in [-0.05, 0) is 24.1 Å². The molecule has 0 aliphatic carbocycles. The number of hydrogen-bond donors (Lipinski definition) is 2. The van der Waals surface area contributed by atoms with Crippen molar-refractivity contribution >= 4 is 11.8 Å². The van der Waals surface area contributed by atoms with E-state index >= 15 is 0 Å². The van der Waals surface area contributed by atoms with Gasteiger partial charge >= 0.3 is 6.18 Å². The van der Waals surface area contributed by atoms with Gasteiger partial charge in [0.2, 0.25) is 11.8 Å². The standard InChI is InChI=1S/C18H22F3N3O2/c1-24-15(25)7-6-14(17(26)23-10-11-8-22-9-11)16(24)12-2-4-13(5-3-12)18(19,20)21/h2-5,11,14,16,22H,6-10H2,1H3,(H,23,26). The first kappa shape index (κ1) is 18.7. The molecule has 0 saturated carbocycles. The molecule has 2 aliphatic heterocycles. The topological polar surface area (TPSA) is 61.4 Å². The van der Waals surface area contributed by atoms with Crippen molar-refractivity contribution in [3.63, 3.8) is 0 Å². The number of carbonyl (C=O) groups is 2. The minimum Gasteiger partial charge on any atom is -0.355 e. The molecule has 5 nitrogen and oxygen atoms in total. The van der Waals surface area contributed by atoms with Crippen LogP contribution >= 0.6 is 0 Å². The van der Waals surface area contributed by atoms with E-state index in [2.05, 4.69) is 10.6 Å². The van der Waals surface area contributed by atoms with Crippen LogP contribution in [0, 0.1) is 11.8 Å². The van der Waals surface area contributed by atoms with Crippen molar-refractivity contribution in [1.29, 1.82) is 0 Å². The van der Waals surface area contributed by atoms with E-state index in [0.29, 0.717) is 24.4 Å². The van der Waals surface area contributed by atoms with Crippen LogP contribution in [-0.2, 0) is 15.8 Å². The highest BCUT2D eigenvalue weighted by atomic mass is 19.4. The van der Waals surface area contributed by atoms with Crippen LogP contribution in [0.3, 0.4) is 0 Å². The van der Waals surface area contributed by atoms with Crippen LogP contribution in [0.2, 0.25) is 0 Å². The van der Waals surface area contributed by atoms with E-state index in [1.165, 1.54) is 17.0 Å². The molecule has 2 N–H and O–H groups in total. The van der Waals surface area contributed by atoms with E-state index in [9.17, 15) is 22.8 Å². The lowest BCUT2D eigenvalue weighted by Gasteiger charge is -2.39. The molecule has 2 heterocycles. The van der Waals surface area contributed by atoms with Gasteiger partial charge in [0, 0.05) is 39.0 Å². The number of nitrogens with zero attached hydrogens (tertiary/aromatic N) is 1. The lowest BCUT2D eigenvalue weighted by atomic mass is 9.83. The molecule has 2 atom stereocenters. The maximum absolute atomic E-state index is 12.8. The minimum atomic E-state index is -4.42. The predicted octanol–water partition coefficient (Wildman–Crippen LogP) is 1.95. The monoisotopic (exact) mass is 369 g/mol. The second-order valence-corrected chi connectivity index (χ2v) is 6.98. The molecule has 1 aromatic carbocycles. The molecule has 0 radical (unpaired) electrons. The van der Waals surface area contributed by atoms with E-state index in [1.54, 1.807) is 7.05 Å². The number of rotatable bonds is 4. The summed E-state index contributed by atoms with van der Waals surface area (Å²) in [5.41, 5.74) is -0.205. The Morgan fingerprint density at radius 1 is 1.27 bits per heavy atom. The van der Waals surface area contributed by atoms with Crippen LogP contribution in [0.25, 0.3) is 0 Å². The Labute approximate surface area is 149 Å². The third-order valence-electron chi connectivity index (χ3n) is 5.21. The summed E-state index contributed by atoms with van der Waals surface area (Å²) in [6.07, 6.45) is -3.76. The molecule has 8 heteroatoms. The molecule has 2 unspecified atom stereocenters. The largest absolute Gasteiger partial charge is 0.416 e. The Kier molecular flexibility index (Phi) is 5.22. The summed E-state index contributed by atoms with van der Waals surface area (Å²) in [5.74, 6) is -0.322. The van der Waals surface area contributed by atoms with Crippen molar-refractivity contribution in [3.8, 4) is 0 Å². The zero-order valence-electron chi connectivity index (χ0n) is 14.5. The Morgan fingerprint density at radius 3 is 2.46 bits per heavy atom. The Bertz CT molecular complexity index is 671. The van der Waals surface area contributed by atoms with Gasteiger partial charge < -0.3 is 15.5 Å². The van der Waals surface area contributed by atoms with Crippen molar-refractivity contribution < 1.29 is 22.8 Å². The first-order valence-corrected chi connectivity index (χ1v) is 8.68. The van der Waals surface area contributed by atoms with Crippen LogP contribution in [0.1, 0.15) is 30.0 Å². The molecular weight excluding hydrogens is 347 g/mol. The quantitative estimate of drug-likeness (QED) is 0.853. The molecule has 142 valence electrons. The van der Waals surface area contributed by atoms with Crippen LogP contribution < -0.4 is 10.6 Å². The third kappa shape index (κ3) is 3.85. The van der Waals surface area contributed by atoms with Gasteiger partial charge in [0.25, 0.3) is 0 Å². The highest BCUT2D eigenvalue weighted by Crippen LogP contribution is 2.37. The van der Waals surface area contributed by atoms with E-state index in [0.717, 1.165) is 25.2 Å². The number of halogens is 3. The summed E-state index contributed by atoms with van der Waals surface area (Å²) in [6, 6.07) is 4.16. The van der Waals surface area contributed by atoms with Crippen LogP contribution in [0.4, 0.5) is 13.2 Å². The second kappa shape index (κ2) is 7.26. The average Bonchev–Trinajstić information content (AvgIpc) is 2.55. The van der Waals surface area contributed by atoms with Crippen LogP contribution in [-0.4, -0.2) is 43.4 Å². The third-order valence-corrected chi connectivity index (χ3v) is 5.21. The number of alkyl halides is 3. The summed E-state index contributed by atoms with van der Waals surface area (Å²) in [5, 5.41) is 6.06. The summed E-state index contributed by atoms with van der Waals surface area (Å²) in [7, 11) is 1.60. The van der Waals surface area contributed by atoms with Gasteiger partial charge in [-0.3, -0.25) is 9.59 Å². The SMILES string of the molecule is CN1C(=O)CCC(C(=O)NCC2CNC2)C1c1ccc(C(F)(F)F)cc1. The molecule has 2 aliphatic rings. The first-order chi connectivity index (χ1) is 12.3. The summed E-state index contributed by atoms with van der Waals surface area (Å²) < 4.78 is 38.4. The van der Waals surface area contributed by atoms with Crippen molar-refractivity contribution in [2.75, 3.05) is 26.7 Å². The fourth-order valence-electron chi connectivity index (χ4n) is 3.51. The number of nitrogens with one attached hydrogen (secondary N) is 2. The summed E-state index contributed by atoms with van der Waals surface area (Å²) in [4.78, 5) is 26.2. The fraction of sp³-hybridized carbons (Fsp3) is 0.556. The molecular formula is C18H22F3N3O2. The second-order valence-electron chi connectivity index (χ2n) is 6.98. The van der Waals surface area contributed by atoms with Crippen molar-refractivity contribution in [3.05, 3.63) is 35.4 Å². The molecule has 0 aromatic heterocycles. The van der Waals surface area contributed by atoms with Gasteiger partial charge in [0.1, 0.15) is 0 Å². The van der Waals surface area contributed by atoms with Crippen LogP contribution in [0.15, 0.2) is 24.3 Å². The smallest absolute Gasteiger partial charge is 0.355 e. The summed E-state index contributed by atoms with van der Waals surface area (Å²) in [6.45, 7) is 2.30. The average molecular weight is 369 g/mol. The molecule has 2 saturated heterocycles. The van der Waals surface area contributed by atoms with E-state index in [1.807, 2.05) is 0 Å². The number of amides is 2. The van der Waals surface area contributed by atoms with Gasteiger partial charge in [0.15, 0.2) is 0 Å². The first-order valence-electron chi connectivity index (χ1n) is 8.68. The van der Waals surface area contributed by atoms with Gasteiger partial charge in [0.05, 0.1) is 17.5 Å². The highest BCUT2D eigenvalue weighted by molar-refractivity contribution is 5.84. The van der Waals surface area contributed by atoms with Crippen LogP contribution in [0.5, 0.6) is 0 Å². The molecule has 2 amide bonds. The summed E-state index contributed by atoms with van der Waals surface area (Å²) >= 11 is 0. The number of likely N-dealkylation sites (tertiary alicyclic amines) is 1. The molecule has 1 aromatic rings. The Hall–Kier alpha value is -2.09. The number of piperidine rings is 1. The van der Waals surface area contributed by atoms with E-state index in [-0.39, 0.29) is 18.2 Å². The maximum atomic E-state index is 12.8. The fourth-order valence-corrected chi connectivity index (χ4v) is 3.51. The predicted molar refractivity (Wildman–Crippen MR) is 89.0 cm³/mol. The maximum Gasteiger partial charge on any atom is 0.416 e. The van der Waals surface area contributed by atoms with Gasteiger partial charge in [-0.1, -0.05) is 12.1 Å². The molecule has 0 bridgehead atoms. The highest BCUT2D eigenvalue weighted by Gasteiger charge is 2.39. The number of benzene rings is 1. The van der Waals surface area contributed by atoms with Crippen molar-refractivity contribution in [1.82, 2.24) is 15.5 Å². The van der Waals surface area contributed by atoms with E-state index < -0.39 is 23.7 Å². The molecule has 26 heavy (non-hydrogen) atoms. The van der Waals surface area contributed by atoms with Gasteiger partial charge in [-0.25, -0.2) is 0 Å². The van der Waals surface area contributed by atoms with Gasteiger partial charge in [-0.15, -0.1) is 0 Å². The Balaban J connectivity index is 1.78. The zero-order valence-corrected chi connectivity index (χ0v) is 14.5. The van der Waals surface area contributed by atoms with E-state index in [4.69, 9.17) is 0 Å². The normalized spacial score (nSPS) is 24.3. The molecule has 0 spiro atoms. The lowest BCUT2D eigenvalue weighted by molar-refractivity contribution is -0.142. The molecule has 3 rings (SSSR count). The molecule has 2 fully saturated rings. The minimum absolute atomic E-state index is 0.109.